The summed E-state index contributed by atoms with van der Waals surface area (Å²) in [5.41, 5.74) is 2.32. The fourth-order valence-electron chi connectivity index (χ4n) is 3.42. The van der Waals surface area contributed by atoms with Crippen LogP contribution in [0.25, 0.3) is 0 Å². The van der Waals surface area contributed by atoms with Crippen molar-refractivity contribution in [1.29, 1.82) is 0 Å². The number of rotatable bonds is 8. The van der Waals surface area contributed by atoms with Gasteiger partial charge in [0.2, 0.25) is 5.91 Å². The Morgan fingerprint density at radius 1 is 1.07 bits per heavy atom. The number of ether oxygens (including phenoxy) is 1. The quantitative estimate of drug-likeness (QED) is 0.692. The Morgan fingerprint density at radius 2 is 1.78 bits per heavy atom. The van der Waals surface area contributed by atoms with Crippen LogP contribution in [-0.4, -0.2) is 85.7 Å². The average molecular weight is 374 g/mol. The second-order valence-corrected chi connectivity index (χ2v) is 7.27. The summed E-state index contributed by atoms with van der Waals surface area (Å²) in [5, 5.41) is 2.93. The molecule has 0 aromatic heterocycles. The molecule has 2 aliphatic rings. The van der Waals surface area contributed by atoms with E-state index in [0.717, 1.165) is 44.8 Å². The summed E-state index contributed by atoms with van der Waals surface area (Å²) in [4.78, 5) is 30.4. The Morgan fingerprint density at radius 3 is 2.52 bits per heavy atom. The second kappa shape index (κ2) is 9.71. The zero-order chi connectivity index (χ0) is 19.1. The molecule has 0 unspecified atom stereocenters. The highest BCUT2D eigenvalue weighted by Crippen LogP contribution is 2.13. The number of amides is 3. The van der Waals surface area contributed by atoms with Gasteiger partial charge in [-0.2, -0.15) is 0 Å². The number of morpholine rings is 1. The molecular formula is C20H30N4O3. The van der Waals surface area contributed by atoms with Gasteiger partial charge in [0.1, 0.15) is 6.54 Å². The summed E-state index contributed by atoms with van der Waals surface area (Å²) in [6.07, 6.45) is 0.916. The Balaban J connectivity index is 1.34. The number of urea groups is 1. The van der Waals surface area contributed by atoms with E-state index in [4.69, 9.17) is 4.74 Å². The van der Waals surface area contributed by atoms with Gasteiger partial charge in [-0.3, -0.25) is 9.69 Å². The van der Waals surface area contributed by atoms with Crippen LogP contribution < -0.4 is 5.32 Å². The van der Waals surface area contributed by atoms with E-state index >= 15 is 0 Å². The smallest absolute Gasteiger partial charge is 0.320 e. The van der Waals surface area contributed by atoms with E-state index in [9.17, 15) is 9.59 Å². The minimum Gasteiger partial charge on any atom is -0.379 e. The zero-order valence-electron chi connectivity index (χ0n) is 16.2. The average Bonchev–Trinajstić information content (AvgIpc) is 3.01. The van der Waals surface area contributed by atoms with Gasteiger partial charge >= 0.3 is 6.03 Å². The van der Waals surface area contributed by atoms with Crippen molar-refractivity contribution >= 4 is 11.9 Å². The number of aryl methyl sites for hydroxylation is 1. The van der Waals surface area contributed by atoms with E-state index in [2.05, 4.69) is 22.3 Å². The SMILES string of the molecule is Cc1ccc(CN2CCN(CC(=O)NCCCN3CCOCC3)C2=O)cc1. The third-order valence-corrected chi connectivity index (χ3v) is 5.09. The Bertz CT molecular complexity index is 629. The maximum Gasteiger partial charge on any atom is 0.320 e. The van der Waals surface area contributed by atoms with E-state index < -0.39 is 0 Å². The van der Waals surface area contributed by atoms with Crippen LogP contribution in [0.4, 0.5) is 4.79 Å². The molecule has 1 aromatic rings. The fraction of sp³-hybridized carbons (Fsp3) is 0.600. The standard InChI is InChI=1S/C20H30N4O3/c1-17-3-5-18(6-4-17)15-23-9-10-24(20(23)26)16-19(25)21-7-2-8-22-11-13-27-14-12-22/h3-6H,2,7-16H2,1H3,(H,21,25). The van der Waals surface area contributed by atoms with Crippen LogP contribution in [0.15, 0.2) is 24.3 Å². The predicted octanol–water partition coefficient (Wildman–Crippen LogP) is 1.07. The van der Waals surface area contributed by atoms with E-state index in [1.807, 2.05) is 19.1 Å². The van der Waals surface area contributed by atoms with Crippen LogP contribution in [0, 0.1) is 6.92 Å². The molecule has 2 aliphatic heterocycles. The first-order valence-electron chi connectivity index (χ1n) is 9.78. The van der Waals surface area contributed by atoms with Gasteiger partial charge in [-0.05, 0) is 25.5 Å². The highest BCUT2D eigenvalue weighted by molar-refractivity contribution is 5.85. The Kier molecular flexibility index (Phi) is 7.06. The highest BCUT2D eigenvalue weighted by atomic mass is 16.5. The van der Waals surface area contributed by atoms with Gasteiger partial charge in [-0.1, -0.05) is 29.8 Å². The van der Waals surface area contributed by atoms with Gasteiger partial charge in [0, 0.05) is 39.3 Å². The molecule has 2 saturated heterocycles. The summed E-state index contributed by atoms with van der Waals surface area (Å²) < 4.78 is 5.33. The lowest BCUT2D eigenvalue weighted by Gasteiger charge is -2.26. The third-order valence-electron chi connectivity index (χ3n) is 5.09. The maximum absolute atomic E-state index is 12.5. The molecule has 0 spiro atoms. The molecule has 7 nitrogen and oxygen atoms in total. The van der Waals surface area contributed by atoms with Crippen molar-refractivity contribution in [3.63, 3.8) is 0 Å². The van der Waals surface area contributed by atoms with E-state index in [1.54, 1.807) is 9.80 Å². The summed E-state index contributed by atoms with van der Waals surface area (Å²) in [7, 11) is 0. The molecule has 3 rings (SSSR count). The zero-order valence-corrected chi connectivity index (χ0v) is 16.2. The third kappa shape index (κ3) is 5.94. The van der Waals surface area contributed by atoms with Crippen molar-refractivity contribution in [2.75, 3.05) is 59.0 Å². The molecule has 3 amide bonds. The minimum absolute atomic E-state index is 0.0564. The highest BCUT2D eigenvalue weighted by Gasteiger charge is 2.29. The van der Waals surface area contributed by atoms with Crippen LogP contribution in [0.3, 0.4) is 0 Å². The Hall–Kier alpha value is -2.12. The predicted molar refractivity (Wildman–Crippen MR) is 103 cm³/mol. The van der Waals surface area contributed by atoms with Gasteiger partial charge in [0.05, 0.1) is 13.2 Å². The number of hydrogen-bond donors (Lipinski definition) is 1. The van der Waals surface area contributed by atoms with Crippen molar-refractivity contribution in [3.8, 4) is 0 Å². The second-order valence-electron chi connectivity index (χ2n) is 7.27. The van der Waals surface area contributed by atoms with Crippen molar-refractivity contribution in [3.05, 3.63) is 35.4 Å². The molecular weight excluding hydrogens is 344 g/mol. The lowest BCUT2D eigenvalue weighted by Crippen LogP contribution is -2.41. The molecule has 2 heterocycles. The molecule has 0 saturated carbocycles. The molecule has 7 heteroatoms. The minimum atomic E-state index is -0.0810. The molecule has 1 N–H and O–H groups in total. The van der Waals surface area contributed by atoms with Crippen molar-refractivity contribution < 1.29 is 14.3 Å². The number of benzene rings is 1. The molecule has 0 radical (unpaired) electrons. The number of carbonyl (C=O) groups is 2. The first kappa shape index (κ1) is 19.6. The topological polar surface area (TPSA) is 65.1 Å². The number of carbonyl (C=O) groups excluding carboxylic acids is 2. The first-order valence-corrected chi connectivity index (χ1v) is 9.78. The van der Waals surface area contributed by atoms with E-state index in [1.165, 1.54) is 5.56 Å². The van der Waals surface area contributed by atoms with Crippen LogP contribution >= 0.6 is 0 Å². The normalized spacial score (nSPS) is 18.2. The van der Waals surface area contributed by atoms with Crippen LogP contribution in [-0.2, 0) is 16.1 Å². The monoisotopic (exact) mass is 374 g/mol. The number of nitrogens with zero attached hydrogens (tertiary/aromatic N) is 3. The number of nitrogens with one attached hydrogen (secondary N) is 1. The lowest BCUT2D eigenvalue weighted by atomic mass is 10.1. The van der Waals surface area contributed by atoms with Crippen LogP contribution in [0.5, 0.6) is 0 Å². The molecule has 0 bridgehead atoms. The molecule has 0 aliphatic carbocycles. The van der Waals surface area contributed by atoms with E-state index in [-0.39, 0.29) is 18.5 Å². The van der Waals surface area contributed by atoms with E-state index in [0.29, 0.717) is 26.2 Å². The molecule has 148 valence electrons. The van der Waals surface area contributed by atoms with Gasteiger partial charge in [0.25, 0.3) is 0 Å². The van der Waals surface area contributed by atoms with Crippen molar-refractivity contribution in [2.24, 2.45) is 0 Å². The lowest BCUT2D eigenvalue weighted by molar-refractivity contribution is -0.121. The maximum atomic E-state index is 12.5. The Labute approximate surface area is 161 Å². The first-order chi connectivity index (χ1) is 13.1. The summed E-state index contributed by atoms with van der Waals surface area (Å²) in [6, 6.07) is 8.15. The van der Waals surface area contributed by atoms with Crippen LogP contribution in [0.2, 0.25) is 0 Å². The largest absolute Gasteiger partial charge is 0.379 e. The molecule has 2 fully saturated rings. The van der Waals surface area contributed by atoms with Gasteiger partial charge in [0.15, 0.2) is 0 Å². The summed E-state index contributed by atoms with van der Waals surface area (Å²) in [6.45, 7) is 9.18. The van der Waals surface area contributed by atoms with Crippen molar-refractivity contribution in [2.45, 2.75) is 19.9 Å². The molecule has 0 atom stereocenters. The summed E-state index contributed by atoms with van der Waals surface area (Å²) in [5.74, 6) is -0.0810. The van der Waals surface area contributed by atoms with Gasteiger partial charge in [-0.25, -0.2) is 4.79 Å². The fourth-order valence-corrected chi connectivity index (χ4v) is 3.42. The van der Waals surface area contributed by atoms with Crippen LogP contribution in [0.1, 0.15) is 17.5 Å². The van der Waals surface area contributed by atoms with Gasteiger partial charge in [-0.15, -0.1) is 0 Å². The molecule has 1 aromatic carbocycles. The van der Waals surface area contributed by atoms with Gasteiger partial charge < -0.3 is 19.9 Å². The number of hydrogen-bond acceptors (Lipinski definition) is 4. The molecule has 27 heavy (non-hydrogen) atoms. The van der Waals surface area contributed by atoms with Crippen molar-refractivity contribution in [1.82, 2.24) is 20.0 Å². The summed E-state index contributed by atoms with van der Waals surface area (Å²) >= 11 is 0.